The lowest BCUT2D eigenvalue weighted by molar-refractivity contribution is 0.703. The molecular formula is C18H16. The molecule has 0 amide bonds. The standard InChI is InChI=1S/C18H16/c1-3-7-14(8-4-1)15-11-17-13-18(17,12-15)16-9-5-2-6-10-16/h1-11,17H,12-13H2. The van der Waals surface area contributed by atoms with Crippen LogP contribution in [-0.2, 0) is 5.41 Å². The van der Waals surface area contributed by atoms with Crippen molar-refractivity contribution < 1.29 is 0 Å². The van der Waals surface area contributed by atoms with E-state index in [-0.39, 0.29) is 0 Å². The monoisotopic (exact) mass is 232 g/mol. The first-order chi connectivity index (χ1) is 8.88. The molecule has 18 heavy (non-hydrogen) atoms. The van der Waals surface area contributed by atoms with Gasteiger partial charge in [0.1, 0.15) is 0 Å². The van der Waals surface area contributed by atoms with Gasteiger partial charge in [0.05, 0.1) is 0 Å². The second-order valence-corrected chi connectivity index (χ2v) is 5.57. The molecule has 0 bridgehead atoms. The zero-order valence-corrected chi connectivity index (χ0v) is 10.3. The number of hydrogen-bond donors (Lipinski definition) is 0. The highest BCUT2D eigenvalue weighted by Crippen LogP contribution is 2.64. The molecule has 2 aliphatic carbocycles. The Morgan fingerprint density at radius 3 is 2.22 bits per heavy atom. The third-order valence-electron chi connectivity index (χ3n) is 4.54. The van der Waals surface area contributed by atoms with E-state index in [1.807, 2.05) is 0 Å². The lowest BCUT2D eigenvalue weighted by atomic mass is 9.89. The summed E-state index contributed by atoms with van der Waals surface area (Å²) in [5.41, 5.74) is 4.90. The van der Waals surface area contributed by atoms with E-state index in [2.05, 4.69) is 66.7 Å². The highest BCUT2D eigenvalue weighted by molar-refractivity contribution is 5.73. The second kappa shape index (κ2) is 3.58. The summed E-state index contributed by atoms with van der Waals surface area (Å²) in [5, 5.41) is 0. The van der Waals surface area contributed by atoms with Crippen LogP contribution >= 0.6 is 0 Å². The summed E-state index contributed by atoms with van der Waals surface area (Å²) in [6, 6.07) is 21.9. The molecule has 88 valence electrons. The Bertz CT molecular complexity index is 594. The van der Waals surface area contributed by atoms with Gasteiger partial charge in [-0.05, 0) is 35.5 Å². The molecule has 4 rings (SSSR count). The predicted octanol–water partition coefficient (Wildman–Crippen LogP) is 4.43. The molecule has 0 aromatic heterocycles. The van der Waals surface area contributed by atoms with Crippen LogP contribution in [0.1, 0.15) is 24.0 Å². The molecule has 0 N–H and O–H groups in total. The van der Waals surface area contributed by atoms with Gasteiger partial charge in [-0.1, -0.05) is 66.7 Å². The molecule has 0 radical (unpaired) electrons. The zero-order chi connectivity index (χ0) is 12.0. The quantitative estimate of drug-likeness (QED) is 0.718. The predicted molar refractivity (Wildman–Crippen MR) is 75.3 cm³/mol. The number of fused-ring (bicyclic) bond motifs is 1. The summed E-state index contributed by atoms with van der Waals surface area (Å²) in [7, 11) is 0. The van der Waals surface area contributed by atoms with Gasteiger partial charge in [0.2, 0.25) is 0 Å². The highest BCUT2D eigenvalue weighted by Gasteiger charge is 2.57. The maximum absolute atomic E-state index is 2.50. The van der Waals surface area contributed by atoms with Crippen LogP contribution in [-0.4, -0.2) is 0 Å². The van der Waals surface area contributed by atoms with E-state index in [1.165, 1.54) is 29.5 Å². The van der Waals surface area contributed by atoms with Gasteiger partial charge in [0.25, 0.3) is 0 Å². The topological polar surface area (TPSA) is 0 Å². The lowest BCUT2D eigenvalue weighted by Gasteiger charge is -2.14. The van der Waals surface area contributed by atoms with Crippen molar-refractivity contribution >= 4 is 5.57 Å². The Hall–Kier alpha value is -1.82. The lowest BCUT2D eigenvalue weighted by Crippen LogP contribution is -2.06. The van der Waals surface area contributed by atoms with Crippen LogP contribution in [0.5, 0.6) is 0 Å². The molecule has 2 unspecified atom stereocenters. The van der Waals surface area contributed by atoms with E-state index in [4.69, 9.17) is 0 Å². The van der Waals surface area contributed by atoms with Gasteiger partial charge in [-0.2, -0.15) is 0 Å². The molecule has 2 aliphatic rings. The maximum atomic E-state index is 2.50. The maximum Gasteiger partial charge on any atom is 0.00625 e. The van der Waals surface area contributed by atoms with Gasteiger partial charge in [0.15, 0.2) is 0 Å². The fraction of sp³-hybridized carbons (Fsp3) is 0.222. The normalized spacial score (nSPS) is 28.7. The summed E-state index contributed by atoms with van der Waals surface area (Å²) in [5.74, 6) is 0.773. The fourth-order valence-electron chi connectivity index (χ4n) is 3.45. The Morgan fingerprint density at radius 2 is 1.50 bits per heavy atom. The van der Waals surface area contributed by atoms with Crippen LogP contribution in [0.25, 0.3) is 5.57 Å². The summed E-state index contributed by atoms with van der Waals surface area (Å²) >= 11 is 0. The molecule has 0 saturated heterocycles. The number of benzene rings is 2. The van der Waals surface area contributed by atoms with Crippen LogP contribution in [0.3, 0.4) is 0 Å². The third-order valence-corrected chi connectivity index (χ3v) is 4.54. The van der Waals surface area contributed by atoms with Crippen LogP contribution in [0.15, 0.2) is 66.7 Å². The molecule has 1 fully saturated rings. The third kappa shape index (κ3) is 1.38. The minimum atomic E-state index is 0.437. The summed E-state index contributed by atoms with van der Waals surface area (Å²) in [4.78, 5) is 0. The number of rotatable bonds is 2. The van der Waals surface area contributed by atoms with Crippen molar-refractivity contribution in [1.82, 2.24) is 0 Å². The molecule has 0 nitrogen and oxygen atoms in total. The molecule has 0 aliphatic heterocycles. The van der Waals surface area contributed by atoms with E-state index < -0.39 is 0 Å². The van der Waals surface area contributed by atoms with Gasteiger partial charge < -0.3 is 0 Å². The molecule has 2 aromatic rings. The van der Waals surface area contributed by atoms with E-state index in [0.717, 1.165) is 5.92 Å². The second-order valence-electron chi connectivity index (χ2n) is 5.57. The van der Waals surface area contributed by atoms with Crippen molar-refractivity contribution in [2.45, 2.75) is 18.3 Å². The first-order valence-electron chi connectivity index (χ1n) is 6.70. The van der Waals surface area contributed by atoms with Crippen LogP contribution < -0.4 is 0 Å². The van der Waals surface area contributed by atoms with Gasteiger partial charge >= 0.3 is 0 Å². The van der Waals surface area contributed by atoms with E-state index in [1.54, 1.807) is 0 Å². The molecule has 2 aromatic carbocycles. The largest absolute Gasteiger partial charge is 0.0766 e. The smallest absolute Gasteiger partial charge is 0.00625 e. The summed E-state index contributed by atoms with van der Waals surface area (Å²) in [6.45, 7) is 0. The van der Waals surface area contributed by atoms with E-state index in [0.29, 0.717) is 5.41 Å². The van der Waals surface area contributed by atoms with Gasteiger partial charge in [-0.25, -0.2) is 0 Å². The fourth-order valence-corrected chi connectivity index (χ4v) is 3.45. The first-order valence-corrected chi connectivity index (χ1v) is 6.70. The van der Waals surface area contributed by atoms with Crippen molar-refractivity contribution in [1.29, 1.82) is 0 Å². The van der Waals surface area contributed by atoms with E-state index in [9.17, 15) is 0 Å². The van der Waals surface area contributed by atoms with Crippen LogP contribution in [0.2, 0.25) is 0 Å². The van der Waals surface area contributed by atoms with E-state index >= 15 is 0 Å². The van der Waals surface area contributed by atoms with Gasteiger partial charge in [-0.15, -0.1) is 0 Å². The molecule has 1 saturated carbocycles. The molecule has 0 heterocycles. The highest BCUT2D eigenvalue weighted by atomic mass is 14.6. The molecule has 2 atom stereocenters. The molecular weight excluding hydrogens is 216 g/mol. The Kier molecular flexibility index (Phi) is 2.02. The van der Waals surface area contributed by atoms with Crippen LogP contribution in [0, 0.1) is 5.92 Å². The van der Waals surface area contributed by atoms with Gasteiger partial charge in [-0.3, -0.25) is 0 Å². The first kappa shape index (κ1) is 10.1. The minimum absolute atomic E-state index is 0.437. The average molecular weight is 232 g/mol. The van der Waals surface area contributed by atoms with Crippen LogP contribution in [0.4, 0.5) is 0 Å². The summed E-state index contributed by atoms with van der Waals surface area (Å²) in [6.07, 6.45) is 5.06. The average Bonchev–Trinajstić information content (AvgIpc) is 3.03. The van der Waals surface area contributed by atoms with Crippen molar-refractivity contribution in [3.8, 4) is 0 Å². The summed E-state index contributed by atoms with van der Waals surface area (Å²) < 4.78 is 0. The Balaban J connectivity index is 1.66. The molecule has 0 heteroatoms. The Labute approximate surface area is 108 Å². The van der Waals surface area contributed by atoms with Crippen molar-refractivity contribution in [2.75, 3.05) is 0 Å². The van der Waals surface area contributed by atoms with Crippen molar-refractivity contribution in [2.24, 2.45) is 5.92 Å². The SMILES string of the molecule is C1=C(c2ccccc2)CC2(c3ccccc3)CC12. The zero-order valence-electron chi connectivity index (χ0n) is 10.3. The van der Waals surface area contributed by atoms with Gasteiger partial charge in [0, 0.05) is 5.41 Å². The number of allylic oxidation sites excluding steroid dienone is 2. The number of hydrogen-bond acceptors (Lipinski definition) is 0. The Morgan fingerprint density at radius 1 is 0.833 bits per heavy atom. The van der Waals surface area contributed by atoms with Crippen molar-refractivity contribution in [3.05, 3.63) is 77.9 Å². The van der Waals surface area contributed by atoms with Crippen molar-refractivity contribution in [3.63, 3.8) is 0 Å². The molecule has 0 spiro atoms. The minimum Gasteiger partial charge on any atom is -0.0766 e.